The Bertz CT molecular complexity index is 549. The van der Waals surface area contributed by atoms with Gasteiger partial charge in [0.25, 0.3) is 0 Å². The van der Waals surface area contributed by atoms with Crippen molar-refractivity contribution >= 4 is 22.5 Å². The molecule has 0 saturated heterocycles. The average Bonchev–Trinajstić information content (AvgIpc) is 2.37. The molecule has 1 rings (SSSR count). The van der Waals surface area contributed by atoms with E-state index in [1.807, 2.05) is 0 Å². The number of benzene rings is 1. The molecule has 0 aromatic heterocycles. The predicted molar refractivity (Wildman–Crippen MR) is 70.9 cm³/mol. The molecule has 0 spiro atoms. The quantitative estimate of drug-likeness (QED) is 0.454. The van der Waals surface area contributed by atoms with Crippen LogP contribution in [0.2, 0.25) is 0 Å². The van der Waals surface area contributed by atoms with E-state index in [-0.39, 0.29) is 11.5 Å². The molecule has 1 aromatic rings. The van der Waals surface area contributed by atoms with Gasteiger partial charge < -0.3 is 4.74 Å². The molecule has 0 fully saturated rings. The molecular weight excluding hydrogens is 289 g/mol. The summed E-state index contributed by atoms with van der Waals surface area (Å²) in [4.78, 5) is 20.8. The van der Waals surface area contributed by atoms with Crippen LogP contribution >= 0.6 is 0 Å². The second kappa shape index (κ2) is 7.09. The summed E-state index contributed by atoms with van der Waals surface area (Å²) in [5.41, 5.74) is -0.244. The number of nitrogens with zero attached hydrogens (tertiary/aromatic N) is 1. The summed E-state index contributed by atoms with van der Waals surface area (Å²) >= 11 is 0. The fourth-order valence-electron chi connectivity index (χ4n) is 1.58. The second-order valence-electron chi connectivity index (χ2n) is 4.22. The minimum absolute atomic E-state index is 0.0241. The van der Waals surface area contributed by atoms with Crippen molar-refractivity contribution in [1.29, 1.82) is 0 Å². The SMILES string of the molecule is COC(=O)C(C)CS(=O)Cc1ccc([N+](=O)[O-])c(F)c1. The van der Waals surface area contributed by atoms with Crippen LogP contribution in [0.15, 0.2) is 18.2 Å². The number of esters is 1. The van der Waals surface area contributed by atoms with Crippen molar-refractivity contribution in [2.45, 2.75) is 12.7 Å². The molecule has 0 radical (unpaired) electrons. The number of methoxy groups -OCH3 is 1. The first-order valence-electron chi connectivity index (χ1n) is 5.70. The molecule has 0 aliphatic heterocycles. The minimum atomic E-state index is -1.39. The Morgan fingerprint density at radius 3 is 2.70 bits per heavy atom. The monoisotopic (exact) mass is 303 g/mol. The predicted octanol–water partition coefficient (Wildman–Crippen LogP) is 1.79. The summed E-state index contributed by atoms with van der Waals surface area (Å²) in [5.74, 6) is -1.84. The van der Waals surface area contributed by atoms with Gasteiger partial charge in [-0.2, -0.15) is 4.39 Å². The molecule has 6 nitrogen and oxygen atoms in total. The van der Waals surface area contributed by atoms with Crippen molar-refractivity contribution in [2.75, 3.05) is 12.9 Å². The summed E-state index contributed by atoms with van der Waals surface area (Å²) in [6.07, 6.45) is 0. The molecule has 2 atom stereocenters. The second-order valence-corrected chi connectivity index (χ2v) is 5.72. The fourth-order valence-corrected chi connectivity index (χ4v) is 2.94. The lowest BCUT2D eigenvalue weighted by molar-refractivity contribution is -0.387. The first kappa shape index (κ1) is 16.2. The Hall–Kier alpha value is -1.83. The van der Waals surface area contributed by atoms with Crippen molar-refractivity contribution in [3.05, 3.63) is 39.7 Å². The van der Waals surface area contributed by atoms with E-state index >= 15 is 0 Å². The number of nitro groups is 1. The van der Waals surface area contributed by atoms with Crippen molar-refractivity contribution in [1.82, 2.24) is 0 Å². The van der Waals surface area contributed by atoms with Crippen LogP contribution in [0.1, 0.15) is 12.5 Å². The number of carbonyl (C=O) groups is 1. The minimum Gasteiger partial charge on any atom is -0.469 e. The van der Waals surface area contributed by atoms with Crippen molar-refractivity contribution in [3.8, 4) is 0 Å². The smallest absolute Gasteiger partial charge is 0.309 e. The maximum atomic E-state index is 13.4. The van der Waals surface area contributed by atoms with E-state index in [0.29, 0.717) is 5.56 Å². The number of rotatable bonds is 6. The lowest BCUT2D eigenvalue weighted by Gasteiger charge is -2.08. The highest BCUT2D eigenvalue weighted by Gasteiger charge is 2.18. The average molecular weight is 303 g/mol. The Labute approximate surface area is 117 Å². The van der Waals surface area contributed by atoms with Gasteiger partial charge in [-0.05, 0) is 11.6 Å². The van der Waals surface area contributed by atoms with Gasteiger partial charge in [-0.3, -0.25) is 19.1 Å². The standard InChI is InChI=1S/C12H14FNO5S/c1-8(12(15)19-2)6-20(18)7-9-3-4-11(14(16)17)10(13)5-9/h3-5,8H,6-7H2,1-2H3. The van der Waals surface area contributed by atoms with Crippen LogP contribution in [0.5, 0.6) is 0 Å². The summed E-state index contributed by atoms with van der Waals surface area (Å²) in [6.45, 7) is 1.58. The molecule has 2 unspecified atom stereocenters. The number of nitro benzene ring substituents is 1. The molecule has 1 aromatic carbocycles. The van der Waals surface area contributed by atoms with Gasteiger partial charge in [0, 0.05) is 28.4 Å². The molecule has 0 bridgehead atoms. The number of halogens is 1. The summed E-state index contributed by atoms with van der Waals surface area (Å²) in [5, 5.41) is 10.5. The maximum Gasteiger partial charge on any atom is 0.309 e. The summed E-state index contributed by atoms with van der Waals surface area (Å²) in [6, 6.07) is 3.37. The molecule has 0 N–H and O–H groups in total. The van der Waals surface area contributed by atoms with Gasteiger partial charge in [0.15, 0.2) is 0 Å². The Morgan fingerprint density at radius 1 is 1.55 bits per heavy atom. The van der Waals surface area contributed by atoms with Gasteiger partial charge in [0.1, 0.15) is 0 Å². The van der Waals surface area contributed by atoms with Gasteiger partial charge in [-0.15, -0.1) is 0 Å². The molecule has 110 valence electrons. The fraction of sp³-hybridized carbons (Fsp3) is 0.417. The topological polar surface area (TPSA) is 86.5 Å². The van der Waals surface area contributed by atoms with Crippen LogP contribution in [0, 0.1) is 21.8 Å². The molecule has 0 aliphatic rings. The Balaban J connectivity index is 2.69. The van der Waals surface area contributed by atoms with Gasteiger partial charge in [0.05, 0.1) is 18.0 Å². The zero-order valence-electron chi connectivity index (χ0n) is 11.0. The number of hydrogen-bond acceptors (Lipinski definition) is 5. The lowest BCUT2D eigenvalue weighted by Crippen LogP contribution is -2.20. The van der Waals surface area contributed by atoms with Crippen LogP contribution in [0.25, 0.3) is 0 Å². The molecule has 20 heavy (non-hydrogen) atoms. The molecular formula is C12H14FNO5S. The largest absolute Gasteiger partial charge is 0.469 e. The van der Waals surface area contributed by atoms with Crippen LogP contribution in [0.4, 0.5) is 10.1 Å². The molecule has 0 amide bonds. The molecule has 8 heteroatoms. The van der Waals surface area contributed by atoms with Gasteiger partial charge in [-0.1, -0.05) is 13.0 Å². The first-order chi connectivity index (χ1) is 9.35. The Morgan fingerprint density at radius 2 is 2.20 bits per heavy atom. The third-order valence-corrected chi connectivity index (χ3v) is 4.10. The highest BCUT2D eigenvalue weighted by molar-refractivity contribution is 7.84. The van der Waals surface area contributed by atoms with E-state index in [9.17, 15) is 23.5 Å². The normalized spacial score (nSPS) is 13.6. The number of hydrogen-bond donors (Lipinski definition) is 0. The molecule has 0 saturated carbocycles. The zero-order valence-corrected chi connectivity index (χ0v) is 11.8. The van der Waals surface area contributed by atoms with Gasteiger partial charge in [0.2, 0.25) is 5.82 Å². The van der Waals surface area contributed by atoms with E-state index in [0.717, 1.165) is 12.1 Å². The third-order valence-electron chi connectivity index (χ3n) is 2.58. The maximum absolute atomic E-state index is 13.4. The molecule has 0 heterocycles. The third kappa shape index (κ3) is 4.37. The summed E-state index contributed by atoms with van der Waals surface area (Å²) in [7, 11) is -0.143. The van der Waals surface area contributed by atoms with E-state index in [2.05, 4.69) is 4.74 Å². The molecule has 0 aliphatic carbocycles. The van der Waals surface area contributed by atoms with Crippen LogP contribution < -0.4 is 0 Å². The first-order valence-corrected chi connectivity index (χ1v) is 7.19. The van der Waals surface area contributed by atoms with Gasteiger partial charge >= 0.3 is 11.7 Å². The van der Waals surface area contributed by atoms with Crippen molar-refractivity contribution in [2.24, 2.45) is 5.92 Å². The number of carbonyl (C=O) groups excluding carboxylic acids is 1. The highest BCUT2D eigenvalue weighted by atomic mass is 32.2. The zero-order chi connectivity index (χ0) is 15.3. The summed E-state index contributed by atoms with van der Waals surface area (Å²) < 4.78 is 29.7. The van der Waals surface area contributed by atoms with Crippen LogP contribution in [-0.4, -0.2) is 28.0 Å². The Kier molecular flexibility index (Phi) is 5.75. The van der Waals surface area contributed by atoms with Crippen molar-refractivity contribution < 1.29 is 23.1 Å². The number of ether oxygens (including phenoxy) is 1. The van der Waals surface area contributed by atoms with Crippen LogP contribution in [0.3, 0.4) is 0 Å². The lowest BCUT2D eigenvalue weighted by atomic mass is 10.2. The highest BCUT2D eigenvalue weighted by Crippen LogP contribution is 2.19. The van der Waals surface area contributed by atoms with E-state index in [4.69, 9.17) is 0 Å². The van der Waals surface area contributed by atoms with Crippen molar-refractivity contribution in [3.63, 3.8) is 0 Å². The van der Waals surface area contributed by atoms with Crippen LogP contribution in [-0.2, 0) is 26.1 Å². The van der Waals surface area contributed by atoms with E-state index in [1.165, 1.54) is 13.2 Å². The van der Waals surface area contributed by atoms with E-state index in [1.54, 1.807) is 6.92 Å². The van der Waals surface area contributed by atoms with E-state index < -0.39 is 39.1 Å². The van der Waals surface area contributed by atoms with Gasteiger partial charge in [-0.25, -0.2) is 0 Å².